The topological polar surface area (TPSA) is 15.3 Å². The van der Waals surface area contributed by atoms with E-state index in [1.54, 1.807) is 6.07 Å². The summed E-state index contributed by atoms with van der Waals surface area (Å²) in [6.45, 7) is 6.00. The van der Waals surface area contributed by atoms with Crippen LogP contribution in [0.4, 0.5) is 10.1 Å². The summed E-state index contributed by atoms with van der Waals surface area (Å²) in [7, 11) is 2.13. The monoisotopic (exact) mass is 292 g/mol. The molecule has 1 fully saturated rings. The van der Waals surface area contributed by atoms with Crippen LogP contribution in [0, 0.1) is 11.7 Å². The molecule has 2 nitrogen and oxygen atoms in total. The van der Waals surface area contributed by atoms with Crippen molar-refractivity contribution in [2.24, 2.45) is 5.92 Å². The lowest BCUT2D eigenvalue weighted by Crippen LogP contribution is -2.36. The molecule has 0 spiro atoms. The molecule has 1 aliphatic carbocycles. The molecule has 0 aromatic heterocycles. The minimum Gasteiger partial charge on any atom is -0.371 e. The smallest absolute Gasteiger partial charge is 0.129 e. The van der Waals surface area contributed by atoms with Gasteiger partial charge in [0.1, 0.15) is 5.82 Å². The van der Waals surface area contributed by atoms with Gasteiger partial charge in [0.05, 0.1) is 0 Å². The number of hydrogen-bond acceptors (Lipinski definition) is 2. The van der Waals surface area contributed by atoms with Gasteiger partial charge >= 0.3 is 0 Å². The Morgan fingerprint density at radius 1 is 1.33 bits per heavy atom. The van der Waals surface area contributed by atoms with Gasteiger partial charge in [-0.1, -0.05) is 32.8 Å². The van der Waals surface area contributed by atoms with Gasteiger partial charge in [-0.15, -0.1) is 0 Å². The fraction of sp³-hybridized carbons (Fsp3) is 0.667. The lowest BCUT2D eigenvalue weighted by Gasteiger charge is -2.36. The summed E-state index contributed by atoms with van der Waals surface area (Å²) >= 11 is 0. The third-order valence-corrected chi connectivity index (χ3v) is 4.66. The summed E-state index contributed by atoms with van der Waals surface area (Å²) in [5.41, 5.74) is 1.87. The highest BCUT2D eigenvalue weighted by Crippen LogP contribution is 2.31. The van der Waals surface area contributed by atoms with Crippen LogP contribution in [0.1, 0.15) is 51.5 Å². The Balaban J connectivity index is 2.15. The lowest BCUT2D eigenvalue weighted by molar-refractivity contribution is 0.336. The molecule has 3 heteroatoms. The minimum absolute atomic E-state index is 0.0909. The van der Waals surface area contributed by atoms with Crippen LogP contribution in [-0.2, 0) is 6.54 Å². The molecule has 1 aliphatic rings. The van der Waals surface area contributed by atoms with Gasteiger partial charge in [-0.3, -0.25) is 0 Å². The summed E-state index contributed by atoms with van der Waals surface area (Å²) in [6.07, 6.45) is 6.13. The Hall–Kier alpha value is -1.09. The molecule has 2 unspecified atom stereocenters. The second-order valence-corrected chi connectivity index (χ2v) is 6.45. The first-order chi connectivity index (χ1) is 10.1. The van der Waals surface area contributed by atoms with Gasteiger partial charge in [0, 0.05) is 30.9 Å². The molecule has 0 bridgehead atoms. The van der Waals surface area contributed by atoms with Crippen LogP contribution in [0.3, 0.4) is 0 Å². The molecule has 2 rings (SSSR count). The Bertz CT molecular complexity index is 447. The maximum absolute atomic E-state index is 14.2. The van der Waals surface area contributed by atoms with Crippen molar-refractivity contribution in [2.45, 2.75) is 58.5 Å². The normalized spacial score (nSPS) is 22.3. The average Bonchev–Trinajstić information content (AvgIpc) is 2.48. The van der Waals surface area contributed by atoms with E-state index in [1.807, 2.05) is 6.07 Å². The van der Waals surface area contributed by atoms with Gasteiger partial charge in [0.2, 0.25) is 0 Å². The standard InChI is InChI=1S/C18H29FN2/c1-4-11-20-13-16-17(19)9-6-10-18(16)21(3)15-8-5-7-14(2)12-15/h6,9-10,14-15,20H,4-5,7-8,11-13H2,1-3H3. The van der Waals surface area contributed by atoms with Crippen molar-refractivity contribution < 1.29 is 4.39 Å². The van der Waals surface area contributed by atoms with E-state index in [2.05, 4.69) is 37.2 Å². The molecular weight excluding hydrogens is 263 g/mol. The van der Waals surface area contributed by atoms with Gasteiger partial charge in [0.25, 0.3) is 0 Å². The van der Waals surface area contributed by atoms with E-state index in [9.17, 15) is 4.39 Å². The van der Waals surface area contributed by atoms with Crippen LogP contribution in [0.25, 0.3) is 0 Å². The van der Waals surface area contributed by atoms with Crippen molar-refractivity contribution in [3.63, 3.8) is 0 Å². The summed E-state index contributed by atoms with van der Waals surface area (Å²) in [5.74, 6) is 0.688. The van der Waals surface area contributed by atoms with Crippen LogP contribution in [0.15, 0.2) is 18.2 Å². The maximum Gasteiger partial charge on any atom is 0.129 e. The molecular formula is C18H29FN2. The Morgan fingerprint density at radius 2 is 2.14 bits per heavy atom. The van der Waals surface area contributed by atoms with E-state index in [0.29, 0.717) is 12.6 Å². The van der Waals surface area contributed by atoms with Gasteiger partial charge in [-0.25, -0.2) is 4.39 Å². The summed E-state index contributed by atoms with van der Waals surface area (Å²) in [4.78, 5) is 2.31. The molecule has 1 aromatic rings. The number of rotatable bonds is 6. The van der Waals surface area contributed by atoms with E-state index in [-0.39, 0.29) is 5.82 Å². The molecule has 0 amide bonds. The first kappa shape index (κ1) is 16.3. The van der Waals surface area contributed by atoms with Gasteiger partial charge < -0.3 is 10.2 Å². The van der Waals surface area contributed by atoms with Crippen LogP contribution >= 0.6 is 0 Å². The fourth-order valence-corrected chi connectivity index (χ4v) is 3.39. The largest absolute Gasteiger partial charge is 0.371 e. The second kappa shape index (κ2) is 7.79. The van der Waals surface area contributed by atoms with Crippen molar-refractivity contribution in [1.29, 1.82) is 0 Å². The van der Waals surface area contributed by atoms with E-state index < -0.39 is 0 Å². The Labute approximate surface area is 128 Å². The zero-order valence-corrected chi connectivity index (χ0v) is 13.7. The van der Waals surface area contributed by atoms with E-state index in [4.69, 9.17) is 0 Å². The number of hydrogen-bond donors (Lipinski definition) is 1. The van der Waals surface area contributed by atoms with E-state index >= 15 is 0 Å². The van der Waals surface area contributed by atoms with E-state index in [0.717, 1.165) is 30.1 Å². The van der Waals surface area contributed by atoms with Crippen molar-refractivity contribution >= 4 is 5.69 Å². The molecule has 1 aromatic carbocycles. The molecule has 2 atom stereocenters. The second-order valence-electron chi connectivity index (χ2n) is 6.45. The van der Waals surface area contributed by atoms with Crippen molar-refractivity contribution in [3.05, 3.63) is 29.6 Å². The van der Waals surface area contributed by atoms with Crippen LogP contribution < -0.4 is 10.2 Å². The summed E-state index contributed by atoms with van der Waals surface area (Å²) in [6, 6.07) is 6.01. The molecule has 118 valence electrons. The highest BCUT2D eigenvalue weighted by atomic mass is 19.1. The average molecular weight is 292 g/mol. The number of halogens is 1. The molecule has 0 heterocycles. The van der Waals surface area contributed by atoms with Crippen LogP contribution in [0.5, 0.6) is 0 Å². The van der Waals surface area contributed by atoms with Crippen molar-refractivity contribution in [2.75, 3.05) is 18.5 Å². The fourth-order valence-electron chi connectivity index (χ4n) is 3.39. The highest BCUT2D eigenvalue weighted by molar-refractivity contribution is 5.54. The molecule has 0 aliphatic heterocycles. The number of anilines is 1. The molecule has 1 saturated carbocycles. The van der Waals surface area contributed by atoms with Crippen LogP contribution in [-0.4, -0.2) is 19.6 Å². The maximum atomic E-state index is 14.2. The third-order valence-electron chi connectivity index (χ3n) is 4.66. The molecule has 0 radical (unpaired) electrons. The highest BCUT2D eigenvalue weighted by Gasteiger charge is 2.24. The Kier molecular flexibility index (Phi) is 6.04. The molecule has 0 saturated heterocycles. The van der Waals surface area contributed by atoms with Gasteiger partial charge in [0.15, 0.2) is 0 Å². The molecule has 21 heavy (non-hydrogen) atoms. The minimum atomic E-state index is -0.0909. The van der Waals surface area contributed by atoms with E-state index in [1.165, 1.54) is 25.7 Å². The predicted octanol–water partition coefficient (Wildman–Crippen LogP) is 4.34. The predicted molar refractivity (Wildman–Crippen MR) is 88.2 cm³/mol. The van der Waals surface area contributed by atoms with Crippen molar-refractivity contribution in [1.82, 2.24) is 5.32 Å². The summed E-state index contributed by atoms with van der Waals surface area (Å²) in [5, 5.41) is 3.33. The Morgan fingerprint density at radius 3 is 2.86 bits per heavy atom. The lowest BCUT2D eigenvalue weighted by atomic mass is 9.86. The first-order valence-corrected chi connectivity index (χ1v) is 8.34. The zero-order chi connectivity index (χ0) is 15.2. The van der Waals surface area contributed by atoms with Gasteiger partial charge in [-0.2, -0.15) is 0 Å². The van der Waals surface area contributed by atoms with Gasteiger partial charge in [-0.05, 0) is 43.9 Å². The third kappa shape index (κ3) is 4.19. The number of nitrogens with one attached hydrogen (secondary N) is 1. The first-order valence-electron chi connectivity index (χ1n) is 8.34. The SMILES string of the molecule is CCCNCc1c(F)cccc1N(C)C1CCCC(C)C1. The molecule has 1 N–H and O–H groups in total. The van der Waals surface area contributed by atoms with Crippen LogP contribution in [0.2, 0.25) is 0 Å². The number of nitrogens with zero attached hydrogens (tertiary/aromatic N) is 1. The van der Waals surface area contributed by atoms with Crippen molar-refractivity contribution in [3.8, 4) is 0 Å². The quantitative estimate of drug-likeness (QED) is 0.785. The number of benzene rings is 1. The summed E-state index contributed by atoms with van der Waals surface area (Å²) < 4.78 is 14.2. The zero-order valence-electron chi connectivity index (χ0n) is 13.7.